The Morgan fingerprint density at radius 1 is 1.00 bits per heavy atom. The Balaban J connectivity index is 2.07. The summed E-state index contributed by atoms with van der Waals surface area (Å²) < 4.78 is 16.2. The highest BCUT2D eigenvalue weighted by atomic mass is 16.5. The summed E-state index contributed by atoms with van der Waals surface area (Å²) in [5.41, 5.74) is 1.81. The Kier molecular flexibility index (Phi) is 5.91. The van der Waals surface area contributed by atoms with Gasteiger partial charge in [0.05, 0.1) is 26.7 Å². The lowest BCUT2D eigenvalue weighted by Gasteiger charge is -2.12. The van der Waals surface area contributed by atoms with E-state index in [1.165, 1.54) is 0 Å². The summed E-state index contributed by atoms with van der Waals surface area (Å²) in [6.07, 6.45) is 0.379. The van der Waals surface area contributed by atoms with Gasteiger partial charge in [-0.05, 0) is 29.8 Å². The molecule has 2 aromatic carbocycles. The van der Waals surface area contributed by atoms with Crippen molar-refractivity contribution in [2.75, 3.05) is 20.8 Å². The topological polar surface area (TPSA) is 51.5 Å². The second-order valence-corrected chi connectivity index (χ2v) is 4.62. The molecule has 0 amide bonds. The van der Waals surface area contributed by atoms with Crippen molar-refractivity contribution in [2.45, 2.75) is 6.42 Å². The van der Waals surface area contributed by atoms with Crippen molar-refractivity contribution >= 4 is 0 Å². The lowest BCUT2D eigenvalue weighted by molar-refractivity contribution is 0.304. The third kappa shape index (κ3) is 4.43. The molecule has 0 spiro atoms. The highest BCUT2D eigenvalue weighted by Crippen LogP contribution is 2.36. The first kappa shape index (κ1) is 16.3. The lowest BCUT2D eigenvalue weighted by Crippen LogP contribution is -1.99. The van der Waals surface area contributed by atoms with Crippen LogP contribution in [0.3, 0.4) is 0 Å². The minimum absolute atomic E-state index is 0.208. The average molecular weight is 307 g/mol. The molecule has 116 valence electrons. The van der Waals surface area contributed by atoms with E-state index in [-0.39, 0.29) is 6.61 Å². The maximum atomic E-state index is 8.72. The second-order valence-electron chi connectivity index (χ2n) is 4.62. The van der Waals surface area contributed by atoms with Gasteiger partial charge in [0.1, 0.15) is 6.61 Å². The maximum absolute atomic E-state index is 8.72. The molecule has 23 heavy (non-hydrogen) atoms. The van der Waals surface area contributed by atoms with Crippen LogP contribution in [-0.4, -0.2) is 20.8 Å². The number of hydrogen-bond donors (Lipinski definition) is 0. The van der Waals surface area contributed by atoms with Gasteiger partial charge >= 0.3 is 0 Å². The molecule has 0 aliphatic heterocycles. The number of nitrogens with zero attached hydrogens (tertiary/aromatic N) is 1. The van der Waals surface area contributed by atoms with E-state index in [2.05, 4.69) is 17.9 Å². The van der Waals surface area contributed by atoms with Gasteiger partial charge in [-0.25, -0.2) is 0 Å². The van der Waals surface area contributed by atoms with Gasteiger partial charge in [0.2, 0.25) is 5.75 Å². The molecule has 0 fully saturated rings. The van der Waals surface area contributed by atoms with Gasteiger partial charge in [-0.2, -0.15) is 5.26 Å². The van der Waals surface area contributed by atoms with Crippen LogP contribution in [0.1, 0.15) is 11.1 Å². The molecule has 0 aliphatic rings. The number of ether oxygens (including phenoxy) is 3. The van der Waals surface area contributed by atoms with Crippen LogP contribution in [0, 0.1) is 23.2 Å². The molecule has 0 unspecified atom stereocenters. The first-order valence-corrected chi connectivity index (χ1v) is 7.07. The van der Waals surface area contributed by atoms with Gasteiger partial charge < -0.3 is 14.2 Å². The SMILES string of the molecule is COc1cccc(OC)c1OCC#Cc1cccc(CC#N)c1. The van der Waals surface area contributed by atoms with Crippen LogP contribution < -0.4 is 14.2 Å². The van der Waals surface area contributed by atoms with E-state index in [4.69, 9.17) is 19.5 Å². The summed E-state index contributed by atoms with van der Waals surface area (Å²) >= 11 is 0. The van der Waals surface area contributed by atoms with E-state index in [0.29, 0.717) is 23.7 Å². The Morgan fingerprint density at radius 3 is 2.35 bits per heavy atom. The van der Waals surface area contributed by atoms with Crippen LogP contribution in [0.2, 0.25) is 0 Å². The van der Waals surface area contributed by atoms with Gasteiger partial charge in [-0.1, -0.05) is 30.0 Å². The van der Waals surface area contributed by atoms with Crippen molar-refractivity contribution in [3.8, 4) is 35.2 Å². The summed E-state index contributed by atoms with van der Waals surface area (Å²) in [5.74, 6) is 7.71. The van der Waals surface area contributed by atoms with Crippen molar-refractivity contribution in [1.82, 2.24) is 0 Å². The predicted molar refractivity (Wildman–Crippen MR) is 87.7 cm³/mol. The standard InChI is InChI=1S/C19H17NO3/c1-21-17-9-4-10-18(22-2)19(17)23-13-5-8-15-6-3-7-16(14-15)11-12-20/h3-4,6-7,9-10,14H,11,13H2,1-2H3. The van der Waals surface area contributed by atoms with Crippen molar-refractivity contribution in [3.05, 3.63) is 53.6 Å². The number of benzene rings is 2. The lowest BCUT2D eigenvalue weighted by atomic mass is 10.1. The number of rotatable bonds is 5. The Hall–Kier alpha value is -3.11. The second kappa shape index (κ2) is 8.36. The summed E-state index contributed by atoms with van der Waals surface area (Å²) in [5, 5.41) is 8.72. The van der Waals surface area contributed by atoms with Gasteiger partial charge in [0, 0.05) is 5.56 Å². The molecule has 0 aromatic heterocycles. The molecule has 0 bridgehead atoms. The zero-order valence-electron chi connectivity index (χ0n) is 13.1. The van der Waals surface area contributed by atoms with Crippen molar-refractivity contribution in [2.24, 2.45) is 0 Å². The van der Waals surface area contributed by atoms with Crippen LogP contribution in [0.15, 0.2) is 42.5 Å². The minimum Gasteiger partial charge on any atom is -0.493 e. The molecular weight excluding hydrogens is 290 g/mol. The van der Waals surface area contributed by atoms with E-state index in [9.17, 15) is 0 Å². The van der Waals surface area contributed by atoms with Crippen molar-refractivity contribution in [3.63, 3.8) is 0 Å². The predicted octanol–water partition coefficient (Wildman–Crippen LogP) is 3.20. The zero-order chi connectivity index (χ0) is 16.5. The fourth-order valence-corrected chi connectivity index (χ4v) is 2.06. The normalized spacial score (nSPS) is 9.26. The van der Waals surface area contributed by atoms with Gasteiger partial charge in [0.25, 0.3) is 0 Å². The maximum Gasteiger partial charge on any atom is 0.204 e. The van der Waals surface area contributed by atoms with Crippen LogP contribution >= 0.6 is 0 Å². The smallest absolute Gasteiger partial charge is 0.204 e. The van der Waals surface area contributed by atoms with Crippen LogP contribution in [0.4, 0.5) is 0 Å². The summed E-state index contributed by atoms with van der Waals surface area (Å²) in [6, 6.07) is 15.2. The van der Waals surface area contributed by atoms with E-state index < -0.39 is 0 Å². The molecule has 4 nitrogen and oxygen atoms in total. The van der Waals surface area contributed by atoms with E-state index in [1.807, 2.05) is 30.3 Å². The summed E-state index contributed by atoms with van der Waals surface area (Å²) in [4.78, 5) is 0. The van der Waals surface area contributed by atoms with Gasteiger partial charge in [-0.3, -0.25) is 0 Å². The van der Waals surface area contributed by atoms with E-state index in [0.717, 1.165) is 11.1 Å². The Bertz CT molecular complexity index is 744. The highest BCUT2D eigenvalue weighted by Gasteiger charge is 2.10. The third-order valence-electron chi connectivity index (χ3n) is 3.11. The highest BCUT2D eigenvalue weighted by molar-refractivity contribution is 5.51. The Labute approximate surface area is 136 Å². The molecule has 0 atom stereocenters. The molecule has 0 N–H and O–H groups in total. The number of methoxy groups -OCH3 is 2. The monoisotopic (exact) mass is 307 g/mol. The molecule has 2 rings (SSSR count). The largest absolute Gasteiger partial charge is 0.493 e. The van der Waals surface area contributed by atoms with E-state index >= 15 is 0 Å². The molecule has 0 aliphatic carbocycles. The summed E-state index contributed by atoms with van der Waals surface area (Å²) in [6.45, 7) is 0.208. The first-order chi connectivity index (χ1) is 11.3. The first-order valence-electron chi connectivity index (χ1n) is 7.07. The molecular formula is C19H17NO3. The quantitative estimate of drug-likeness (QED) is 0.796. The fourth-order valence-electron chi connectivity index (χ4n) is 2.06. The number of hydrogen-bond acceptors (Lipinski definition) is 4. The van der Waals surface area contributed by atoms with Crippen molar-refractivity contribution in [1.29, 1.82) is 5.26 Å². The zero-order valence-corrected chi connectivity index (χ0v) is 13.1. The summed E-state index contributed by atoms with van der Waals surface area (Å²) in [7, 11) is 3.15. The minimum atomic E-state index is 0.208. The molecule has 0 radical (unpaired) electrons. The average Bonchev–Trinajstić information content (AvgIpc) is 2.59. The molecule has 0 saturated heterocycles. The molecule has 0 heterocycles. The van der Waals surface area contributed by atoms with Gasteiger partial charge in [-0.15, -0.1) is 0 Å². The van der Waals surface area contributed by atoms with E-state index in [1.54, 1.807) is 26.4 Å². The third-order valence-corrected chi connectivity index (χ3v) is 3.11. The number of nitriles is 1. The van der Waals surface area contributed by atoms with Crippen LogP contribution in [-0.2, 0) is 6.42 Å². The molecule has 4 heteroatoms. The molecule has 2 aromatic rings. The van der Waals surface area contributed by atoms with Crippen molar-refractivity contribution < 1.29 is 14.2 Å². The number of para-hydroxylation sites is 1. The Morgan fingerprint density at radius 2 is 1.70 bits per heavy atom. The van der Waals surface area contributed by atoms with Gasteiger partial charge in [0.15, 0.2) is 11.5 Å². The van der Waals surface area contributed by atoms with Crippen LogP contribution in [0.5, 0.6) is 17.2 Å². The molecule has 0 saturated carbocycles. The fraction of sp³-hybridized carbons (Fsp3) is 0.211. The van der Waals surface area contributed by atoms with Crippen LogP contribution in [0.25, 0.3) is 0 Å².